The largest absolute Gasteiger partial charge is 0.493 e. The lowest BCUT2D eigenvalue weighted by molar-refractivity contribution is -0.115. The second-order valence-corrected chi connectivity index (χ2v) is 6.41. The van der Waals surface area contributed by atoms with E-state index in [0.717, 1.165) is 16.9 Å². The molecule has 0 fully saturated rings. The Kier molecular flexibility index (Phi) is 6.17. The zero-order valence-electron chi connectivity index (χ0n) is 14.7. The lowest BCUT2D eigenvalue weighted by atomic mass is 10.1. The van der Waals surface area contributed by atoms with E-state index in [1.807, 2.05) is 31.2 Å². The standard InChI is InChI=1S/C20H23NO4/c1-13(2)12-25-17-8-5-15(6-9-17)10-19(22)21-18-11-16(20(23)24)7-4-14(18)3/h4-9,11,13H,10,12H2,1-3H3,(H,21,22)(H,23,24). The average Bonchev–Trinajstić information content (AvgIpc) is 2.56. The van der Waals surface area contributed by atoms with Crippen molar-refractivity contribution in [2.45, 2.75) is 27.2 Å². The number of rotatable bonds is 7. The predicted octanol–water partition coefficient (Wildman–Crippen LogP) is 3.91. The monoisotopic (exact) mass is 341 g/mol. The zero-order chi connectivity index (χ0) is 18.4. The number of ether oxygens (including phenoxy) is 1. The van der Waals surface area contributed by atoms with Crippen LogP contribution in [0.5, 0.6) is 5.75 Å². The number of aryl methyl sites for hydroxylation is 1. The van der Waals surface area contributed by atoms with Gasteiger partial charge < -0.3 is 15.2 Å². The molecular weight excluding hydrogens is 318 g/mol. The molecule has 5 nitrogen and oxygen atoms in total. The highest BCUT2D eigenvalue weighted by Gasteiger charge is 2.10. The molecule has 0 radical (unpaired) electrons. The van der Waals surface area contributed by atoms with Crippen LogP contribution in [0, 0.1) is 12.8 Å². The summed E-state index contributed by atoms with van der Waals surface area (Å²) in [6.07, 6.45) is 0.210. The molecular formula is C20H23NO4. The van der Waals surface area contributed by atoms with Gasteiger partial charge in [0.05, 0.1) is 18.6 Å². The van der Waals surface area contributed by atoms with Crippen LogP contribution in [0.3, 0.4) is 0 Å². The Labute approximate surface area is 147 Å². The quantitative estimate of drug-likeness (QED) is 0.800. The number of nitrogens with one attached hydrogen (secondary N) is 1. The fourth-order valence-corrected chi connectivity index (χ4v) is 2.24. The maximum atomic E-state index is 12.2. The average molecular weight is 341 g/mol. The normalized spacial score (nSPS) is 10.6. The Morgan fingerprint density at radius 1 is 1.12 bits per heavy atom. The van der Waals surface area contributed by atoms with Crippen molar-refractivity contribution in [1.82, 2.24) is 0 Å². The lowest BCUT2D eigenvalue weighted by Gasteiger charge is -2.11. The van der Waals surface area contributed by atoms with Crippen LogP contribution in [0.15, 0.2) is 42.5 Å². The van der Waals surface area contributed by atoms with Gasteiger partial charge in [-0.05, 0) is 48.2 Å². The van der Waals surface area contributed by atoms with E-state index in [-0.39, 0.29) is 17.9 Å². The molecule has 2 aromatic rings. The lowest BCUT2D eigenvalue weighted by Crippen LogP contribution is -2.15. The molecule has 2 aromatic carbocycles. The smallest absolute Gasteiger partial charge is 0.335 e. The van der Waals surface area contributed by atoms with Crippen LogP contribution in [0.4, 0.5) is 5.69 Å². The van der Waals surface area contributed by atoms with Crippen molar-refractivity contribution in [1.29, 1.82) is 0 Å². The molecule has 0 aliphatic carbocycles. The van der Waals surface area contributed by atoms with Crippen molar-refractivity contribution in [3.8, 4) is 5.75 Å². The molecule has 5 heteroatoms. The molecule has 0 bridgehead atoms. The molecule has 0 unspecified atom stereocenters. The molecule has 2 rings (SSSR count). The first-order valence-electron chi connectivity index (χ1n) is 8.20. The third-order valence-electron chi connectivity index (χ3n) is 3.63. The molecule has 0 saturated carbocycles. The van der Waals surface area contributed by atoms with Crippen LogP contribution in [-0.2, 0) is 11.2 Å². The van der Waals surface area contributed by atoms with Gasteiger partial charge in [0.15, 0.2) is 0 Å². The zero-order valence-corrected chi connectivity index (χ0v) is 14.7. The van der Waals surface area contributed by atoms with Crippen molar-refractivity contribution < 1.29 is 19.4 Å². The minimum absolute atomic E-state index is 0.146. The molecule has 0 heterocycles. The van der Waals surface area contributed by atoms with E-state index < -0.39 is 5.97 Å². The van der Waals surface area contributed by atoms with Gasteiger partial charge in [-0.1, -0.05) is 32.0 Å². The van der Waals surface area contributed by atoms with Crippen LogP contribution in [0.2, 0.25) is 0 Å². The number of carboxylic acids is 1. The number of hydrogen-bond donors (Lipinski definition) is 2. The summed E-state index contributed by atoms with van der Waals surface area (Å²) < 4.78 is 5.62. The van der Waals surface area contributed by atoms with E-state index in [1.54, 1.807) is 6.07 Å². The van der Waals surface area contributed by atoms with Crippen LogP contribution < -0.4 is 10.1 Å². The first-order valence-corrected chi connectivity index (χ1v) is 8.20. The van der Waals surface area contributed by atoms with E-state index in [0.29, 0.717) is 18.2 Å². The van der Waals surface area contributed by atoms with Crippen LogP contribution >= 0.6 is 0 Å². The first kappa shape index (κ1) is 18.5. The van der Waals surface area contributed by atoms with Gasteiger partial charge in [0, 0.05) is 5.69 Å². The summed E-state index contributed by atoms with van der Waals surface area (Å²) in [7, 11) is 0. The van der Waals surface area contributed by atoms with E-state index in [2.05, 4.69) is 19.2 Å². The number of benzene rings is 2. The van der Waals surface area contributed by atoms with Crippen LogP contribution in [0.25, 0.3) is 0 Å². The van der Waals surface area contributed by atoms with Gasteiger partial charge in [-0.15, -0.1) is 0 Å². The summed E-state index contributed by atoms with van der Waals surface area (Å²) in [5.41, 5.74) is 2.34. The van der Waals surface area contributed by atoms with Gasteiger partial charge >= 0.3 is 5.97 Å². The fourth-order valence-electron chi connectivity index (χ4n) is 2.24. The van der Waals surface area contributed by atoms with Crippen LogP contribution in [-0.4, -0.2) is 23.6 Å². The third kappa shape index (κ3) is 5.64. The molecule has 0 aliphatic heterocycles. The van der Waals surface area contributed by atoms with E-state index in [9.17, 15) is 9.59 Å². The molecule has 0 atom stereocenters. The number of anilines is 1. The molecule has 2 N–H and O–H groups in total. The third-order valence-corrected chi connectivity index (χ3v) is 3.63. The first-order chi connectivity index (χ1) is 11.8. The van der Waals surface area contributed by atoms with Gasteiger partial charge in [0.2, 0.25) is 5.91 Å². The second kappa shape index (κ2) is 8.33. The van der Waals surface area contributed by atoms with Gasteiger partial charge in [0.25, 0.3) is 0 Å². The summed E-state index contributed by atoms with van der Waals surface area (Å²) >= 11 is 0. The summed E-state index contributed by atoms with van der Waals surface area (Å²) in [5, 5.41) is 11.8. The Bertz CT molecular complexity index is 751. The molecule has 25 heavy (non-hydrogen) atoms. The van der Waals surface area contributed by atoms with Crippen molar-refractivity contribution >= 4 is 17.6 Å². The number of carboxylic acid groups (broad SMARTS) is 1. The van der Waals surface area contributed by atoms with Gasteiger partial charge in [-0.3, -0.25) is 4.79 Å². The maximum absolute atomic E-state index is 12.2. The molecule has 1 amide bonds. The summed E-state index contributed by atoms with van der Waals surface area (Å²) in [6.45, 7) is 6.64. The minimum atomic E-state index is -1.02. The number of carbonyl (C=O) groups is 2. The Morgan fingerprint density at radius 2 is 1.80 bits per heavy atom. The Balaban J connectivity index is 1.98. The predicted molar refractivity (Wildman–Crippen MR) is 97.2 cm³/mol. The van der Waals surface area contributed by atoms with E-state index >= 15 is 0 Å². The number of carbonyl (C=O) groups excluding carboxylic acids is 1. The molecule has 0 spiro atoms. The molecule has 132 valence electrons. The second-order valence-electron chi connectivity index (χ2n) is 6.41. The SMILES string of the molecule is Cc1ccc(C(=O)O)cc1NC(=O)Cc1ccc(OCC(C)C)cc1. The van der Waals surface area contributed by atoms with Crippen molar-refractivity contribution in [3.63, 3.8) is 0 Å². The van der Waals surface area contributed by atoms with Crippen molar-refractivity contribution in [3.05, 3.63) is 59.2 Å². The van der Waals surface area contributed by atoms with E-state index in [4.69, 9.17) is 9.84 Å². The number of amides is 1. The minimum Gasteiger partial charge on any atom is -0.493 e. The molecule has 0 saturated heterocycles. The molecule has 0 aromatic heterocycles. The highest BCUT2D eigenvalue weighted by molar-refractivity contribution is 5.95. The summed E-state index contributed by atoms with van der Waals surface area (Å²) in [4.78, 5) is 23.3. The molecule has 0 aliphatic rings. The van der Waals surface area contributed by atoms with Crippen LogP contribution in [0.1, 0.15) is 35.3 Å². The van der Waals surface area contributed by atoms with Gasteiger partial charge in [0.1, 0.15) is 5.75 Å². The fraction of sp³-hybridized carbons (Fsp3) is 0.300. The topological polar surface area (TPSA) is 75.6 Å². The van der Waals surface area contributed by atoms with Gasteiger partial charge in [-0.25, -0.2) is 4.79 Å². The number of hydrogen-bond acceptors (Lipinski definition) is 3. The van der Waals surface area contributed by atoms with E-state index in [1.165, 1.54) is 12.1 Å². The Hall–Kier alpha value is -2.82. The summed E-state index contributed by atoms with van der Waals surface area (Å²) in [5.74, 6) is 0.0205. The highest BCUT2D eigenvalue weighted by Crippen LogP contribution is 2.18. The number of aromatic carboxylic acids is 1. The summed E-state index contributed by atoms with van der Waals surface area (Å²) in [6, 6.07) is 12.1. The maximum Gasteiger partial charge on any atom is 0.335 e. The Morgan fingerprint density at radius 3 is 2.40 bits per heavy atom. The van der Waals surface area contributed by atoms with Crippen molar-refractivity contribution in [2.75, 3.05) is 11.9 Å². The highest BCUT2D eigenvalue weighted by atomic mass is 16.5. The van der Waals surface area contributed by atoms with Gasteiger partial charge in [-0.2, -0.15) is 0 Å². The van der Waals surface area contributed by atoms with Crippen molar-refractivity contribution in [2.24, 2.45) is 5.92 Å².